The van der Waals surface area contributed by atoms with E-state index in [1.54, 1.807) is 12.4 Å². The lowest BCUT2D eigenvalue weighted by atomic mass is 10.0. The molecule has 1 aliphatic heterocycles. The molecule has 4 nitrogen and oxygen atoms in total. The van der Waals surface area contributed by atoms with Crippen molar-refractivity contribution in [3.63, 3.8) is 0 Å². The monoisotopic (exact) mass is 398 g/mol. The Bertz CT molecular complexity index is 1040. The van der Waals surface area contributed by atoms with Gasteiger partial charge in [0, 0.05) is 24.4 Å². The third kappa shape index (κ3) is 4.08. The third-order valence-electron chi connectivity index (χ3n) is 4.76. The Labute approximate surface area is 165 Å². The average Bonchev–Trinajstić information content (AvgIpc) is 3.14. The zero-order valence-electron chi connectivity index (χ0n) is 15.2. The van der Waals surface area contributed by atoms with Crippen molar-refractivity contribution in [1.29, 1.82) is 0 Å². The lowest BCUT2D eigenvalue weighted by molar-refractivity contribution is -0.137. The van der Waals surface area contributed by atoms with Crippen LogP contribution < -0.4 is 10.1 Å². The fourth-order valence-corrected chi connectivity index (χ4v) is 3.38. The molecule has 0 aliphatic carbocycles. The van der Waals surface area contributed by atoms with Crippen molar-refractivity contribution >= 4 is 5.91 Å². The van der Waals surface area contributed by atoms with Gasteiger partial charge in [0.15, 0.2) is 0 Å². The van der Waals surface area contributed by atoms with Crippen molar-refractivity contribution < 1.29 is 22.7 Å². The predicted molar refractivity (Wildman–Crippen MR) is 102 cm³/mol. The molecule has 0 saturated heterocycles. The van der Waals surface area contributed by atoms with Crippen LogP contribution in [-0.2, 0) is 12.6 Å². The molecule has 4 rings (SSSR count). The number of carbonyl (C=O) groups is 1. The molecule has 2 aromatic carbocycles. The smallest absolute Gasteiger partial charge is 0.417 e. The zero-order chi connectivity index (χ0) is 20.4. The summed E-state index contributed by atoms with van der Waals surface area (Å²) in [7, 11) is 0. The van der Waals surface area contributed by atoms with E-state index in [4.69, 9.17) is 4.74 Å². The summed E-state index contributed by atoms with van der Waals surface area (Å²) in [5, 5.41) is 2.56. The second-order valence-corrected chi connectivity index (χ2v) is 6.76. The van der Waals surface area contributed by atoms with Gasteiger partial charge < -0.3 is 10.1 Å². The van der Waals surface area contributed by atoms with Crippen molar-refractivity contribution in [2.75, 3.05) is 6.54 Å². The summed E-state index contributed by atoms with van der Waals surface area (Å²) in [6.07, 6.45) is -0.888. The van der Waals surface area contributed by atoms with Crippen LogP contribution in [0.15, 0.2) is 67.0 Å². The Balaban J connectivity index is 1.42. The van der Waals surface area contributed by atoms with Gasteiger partial charge in [-0.1, -0.05) is 24.3 Å². The van der Waals surface area contributed by atoms with Gasteiger partial charge in [-0.15, -0.1) is 0 Å². The molecule has 1 N–H and O–H groups in total. The molecule has 1 aromatic heterocycles. The molecule has 1 atom stereocenters. The minimum atomic E-state index is -4.59. The second kappa shape index (κ2) is 7.58. The van der Waals surface area contributed by atoms with Gasteiger partial charge >= 0.3 is 6.18 Å². The number of alkyl halides is 3. The molecule has 1 aliphatic rings. The Morgan fingerprint density at radius 1 is 1.10 bits per heavy atom. The van der Waals surface area contributed by atoms with Crippen LogP contribution in [0.3, 0.4) is 0 Å². The second-order valence-electron chi connectivity index (χ2n) is 6.76. The van der Waals surface area contributed by atoms with E-state index in [1.807, 2.05) is 30.3 Å². The number of pyridine rings is 1. The first-order valence-corrected chi connectivity index (χ1v) is 9.06. The molecule has 3 aromatic rings. The maximum Gasteiger partial charge on any atom is 0.417 e. The van der Waals surface area contributed by atoms with E-state index in [1.165, 1.54) is 18.2 Å². The first-order valence-electron chi connectivity index (χ1n) is 9.06. The molecule has 148 valence electrons. The quantitative estimate of drug-likeness (QED) is 0.704. The normalized spacial score (nSPS) is 15.5. The van der Waals surface area contributed by atoms with E-state index in [9.17, 15) is 18.0 Å². The Kier molecular flexibility index (Phi) is 4.96. The number of amides is 1. The number of halogens is 3. The van der Waals surface area contributed by atoms with E-state index in [0.29, 0.717) is 12.2 Å². The number of hydrogen-bond acceptors (Lipinski definition) is 3. The van der Waals surface area contributed by atoms with Crippen LogP contribution in [-0.4, -0.2) is 23.5 Å². The Hall–Kier alpha value is -3.35. The minimum Gasteiger partial charge on any atom is -0.488 e. The Morgan fingerprint density at radius 3 is 2.69 bits per heavy atom. The molecule has 0 bridgehead atoms. The van der Waals surface area contributed by atoms with E-state index in [2.05, 4.69) is 10.3 Å². The molecule has 7 heteroatoms. The van der Waals surface area contributed by atoms with Gasteiger partial charge in [0.1, 0.15) is 11.9 Å². The maximum atomic E-state index is 13.1. The van der Waals surface area contributed by atoms with Crippen molar-refractivity contribution in [1.82, 2.24) is 10.3 Å². The lowest BCUT2D eigenvalue weighted by Crippen LogP contribution is -2.35. The van der Waals surface area contributed by atoms with Gasteiger partial charge in [-0.05, 0) is 41.5 Å². The van der Waals surface area contributed by atoms with E-state index in [0.717, 1.165) is 22.8 Å². The van der Waals surface area contributed by atoms with Gasteiger partial charge in [0.25, 0.3) is 5.91 Å². The highest BCUT2D eigenvalue weighted by molar-refractivity contribution is 5.95. The fourth-order valence-electron chi connectivity index (χ4n) is 3.38. The standard InChI is InChI=1S/C22H17F3N2O2/c23-22(24,25)19-6-2-1-5-18(19)21(28)27-13-17-11-16-10-14(7-8-20(16)29-17)15-4-3-9-26-12-15/h1-10,12,17H,11,13H2,(H,27,28). The molecule has 1 unspecified atom stereocenters. The van der Waals surface area contributed by atoms with Crippen LogP contribution in [0.4, 0.5) is 13.2 Å². The minimum absolute atomic E-state index is 0.113. The Morgan fingerprint density at radius 2 is 1.93 bits per heavy atom. The summed E-state index contributed by atoms with van der Waals surface area (Å²) >= 11 is 0. The van der Waals surface area contributed by atoms with Crippen LogP contribution in [0.25, 0.3) is 11.1 Å². The summed E-state index contributed by atoms with van der Waals surface area (Å²) in [5.41, 5.74) is 1.63. The van der Waals surface area contributed by atoms with Crippen molar-refractivity contribution in [3.8, 4) is 16.9 Å². The topological polar surface area (TPSA) is 51.2 Å². The number of rotatable bonds is 4. The number of nitrogens with one attached hydrogen (secondary N) is 1. The van der Waals surface area contributed by atoms with Crippen molar-refractivity contribution in [2.24, 2.45) is 0 Å². The van der Waals surface area contributed by atoms with Crippen LogP contribution in [0.5, 0.6) is 5.75 Å². The average molecular weight is 398 g/mol. The molecule has 1 amide bonds. The number of benzene rings is 2. The van der Waals surface area contributed by atoms with Gasteiger partial charge in [-0.25, -0.2) is 0 Å². The maximum absolute atomic E-state index is 13.1. The van der Waals surface area contributed by atoms with Gasteiger partial charge in [0.05, 0.1) is 17.7 Å². The molecule has 0 saturated carbocycles. The lowest BCUT2D eigenvalue weighted by Gasteiger charge is -2.15. The zero-order valence-corrected chi connectivity index (χ0v) is 15.2. The van der Waals surface area contributed by atoms with Crippen molar-refractivity contribution in [2.45, 2.75) is 18.7 Å². The van der Waals surface area contributed by atoms with Gasteiger partial charge in [-0.3, -0.25) is 9.78 Å². The number of carbonyl (C=O) groups excluding carboxylic acids is 1. The summed E-state index contributed by atoms with van der Waals surface area (Å²) in [4.78, 5) is 16.4. The van der Waals surface area contributed by atoms with E-state index in [-0.39, 0.29) is 12.6 Å². The highest BCUT2D eigenvalue weighted by Crippen LogP contribution is 2.33. The largest absolute Gasteiger partial charge is 0.488 e. The van der Waals surface area contributed by atoms with Crippen LogP contribution in [0.2, 0.25) is 0 Å². The fraction of sp³-hybridized carbons (Fsp3) is 0.182. The first-order chi connectivity index (χ1) is 13.9. The summed E-state index contributed by atoms with van der Waals surface area (Å²) in [6, 6.07) is 14.3. The first kappa shape index (κ1) is 19.0. The highest BCUT2D eigenvalue weighted by atomic mass is 19.4. The van der Waals surface area contributed by atoms with Crippen LogP contribution in [0, 0.1) is 0 Å². The van der Waals surface area contributed by atoms with Crippen LogP contribution >= 0.6 is 0 Å². The number of hydrogen-bond donors (Lipinski definition) is 1. The van der Waals surface area contributed by atoms with Gasteiger partial charge in [-0.2, -0.15) is 13.2 Å². The molecule has 2 heterocycles. The predicted octanol–water partition coefficient (Wildman–Crippen LogP) is 4.50. The summed E-state index contributed by atoms with van der Waals surface area (Å²) in [5.74, 6) is -0.0545. The SMILES string of the molecule is O=C(NCC1Cc2cc(-c3cccnc3)ccc2O1)c1ccccc1C(F)(F)F. The van der Waals surface area contributed by atoms with E-state index < -0.39 is 23.2 Å². The summed E-state index contributed by atoms with van der Waals surface area (Å²) < 4.78 is 45.1. The molecule has 0 radical (unpaired) electrons. The number of nitrogens with zero attached hydrogens (tertiary/aromatic N) is 1. The molecule has 0 spiro atoms. The van der Waals surface area contributed by atoms with Gasteiger partial charge in [0.2, 0.25) is 0 Å². The molecular formula is C22H17F3N2O2. The van der Waals surface area contributed by atoms with Crippen molar-refractivity contribution in [3.05, 3.63) is 83.7 Å². The highest BCUT2D eigenvalue weighted by Gasteiger charge is 2.35. The number of fused-ring (bicyclic) bond motifs is 1. The molecule has 29 heavy (non-hydrogen) atoms. The molecule has 0 fully saturated rings. The third-order valence-corrected chi connectivity index (χ3v) is 4.76. The summed E-state index contributed by atoms with van der Waals surface area (Å²) in [6.45, 7) is 0.113. The number of aromatic nitrogens is 1. The number of ether oxygens (including phenoxy) is 1. The molecular weight excluding hydrogens is 381 g/mol. The van der Waals surface area contributed by atoms with E-state index >= 15 is 0 Å². The van der Waals surface area contributed by atoms with Crippen LogP contribution in [0.1, 0.15) is 21.5 Å².